The Balaban J connectivity index is 0.00000128. The summed E-state index contributed by atoms with van der Waals surface area (Å²) in [5.74, 6) is 1.36. The van der Waals surface area contributed by atoms with Crippen LogP contribution in [0.25, 0.3) is 0 Å². The Labute approximate surface area is 116 Å². The predicted octanol–water partition coefficient (Wildman–Crippen LogP) is -0.738. The van der Waals surface area contributed by atoms with E-state index in [9.17, 15) is 5.11 Å². The molecule has 0 unspecified atom stereocenters. The molecule has 0 radical (unpaired) electrons. The first-order valence-electron chi connectivity index (χ1n) is 4.48. The van der Waals surface area contributed by atoms with Crippen molar-refractivity contribution in [3.63, 3.8) is 0 Å². The van der Waals surface area contributed by atoms with E-state index in [2.05, 4.69) is 0 Å². The van der Waals surface area contributed by atoms with Crippen LogP contribution < -0.4 is 39.4 Å². The maximum absolute atomic E-state index is 10.8. The zero-order valence-electron chi connectivity index (χ0n) is 8.88. The van der Waals surface area contributed by atoms with Gasteiger partial charge >= 0.3 is 29.6 Å². The van der Waals surface area contributed by atoms with Crippen molar-refractivity contribution in [3.8, 4) is 23.0 Å². The number of aromatic hydroxyl groups is 1. The Hall–Kier alpha value is -1.16. The van der Waals surface area contributed by atoms with Crippen molar-refractivity contribution in [1.82, 2.24) is 0 Å². The van der Waals surface area contributed by atoms with Crippen LogP contribution in [-0.2, 0) is 0 Å². The van der Waals surface area contributed by atoms with E-state index in [0.717, 1.165) is 0 Å². The average molecular weight is 224 g/mol. The topological polar surface area (TPSA) is 52.5 Å². The molecule has 3 nitrogen and oxygen atoms in total. The smallest absolute Gasteiger partial charge is 0.872 e. The minimum Gasteiger partial charge on any atom is -0.872 e. The molecule has 2 aromatic rings. The summed E-state index contributed by atoms with van der Waals surface area (Å²) in [7, 11) is 0. The molecule has 0 aromatic heterocycles. The van der Waals surface area contributed by atoms with E-state index in [1.807, 2.05) is 0 Å². The van der Waals surface area contributed by atoms with Crippen LogP contribution in [0, 0.1) is 0 Å². The van der Waals surface area contributed by atoms with Crippen molar-refractivity contribution >= 4 is 0 Å². The Morgan fingerprint density at radius 1 is 0.812 bits per heavy atom. The first-order valence-corrected chi connectivity index (χ1v) is 4.48. The van der Waals surface area contributed by atoms with E-state index < -0.39 is 0 Å². The molecule has 0 saturated heterocycles. The number of hydrogen-bond acceptors (Lipinski definition) is 3. The van der Waals surface area contributed by atoms with E-state index in [0.29, 0.717) is 11.5 Å². The fourth-order valence-corrected chi connectivity index (χ4v) is 1.16. The maximum atomic E-state index is 10.8. The Kier molecular flexibility index (Phi) is 4.68. The fraction of sp³-hybridized carbons (Fsp3) is 0. The third-order valence-corrected chi connectivity index (χ3v) is 1.90. The fourth-order valence-electron chi connectivity index (χ4n) is 1.16. The normalized spacial score (nSPS) is 9.25. The van der Waals surface area contributed by atoms with Crippen molar-refractivity contribution in [3.05, 3.63) is 48.5 Å². The van der Waals surface area contributed by atoms with Gasteiger partial charge in [-0.2, -0.15) is 0 Å². The quantitative estimate of drug-likeness (QED) is 0.684. The van der Waals surface area contributed by atoms with Crippen molar-refractivity contribution in [2.24, 2.45) is 0 Å². The van der Waals surface area contributed by atoms with Crippen LogP contribution >= 0.6 is 0 Å². The summed E-state index contributed by atoms with van der Waals surface area (Å²) in [6.07, 6.45) is 0. The van der Waals surface area contributed by atoms with Gasteiger partial charge in [0.1, 0.15) is 17.2 Å². The second kappa shape index (κ2) is 5.80. The number of phenolic OH excluding ortho intramolecular Hbond substituents is 1. The molecule has 0 aliphatic rings. The van der Waals surface area contributed by atoms with Gasteiger partial charge in [-0.1, -0.05) is 12.1 Å². The second-order valence-electron chi connectivity index (χ2n) is 3.07. The van der Waals surface area contributed by atoms with Gasteiger partial charge in [-0.3, -0.25) is 0 Å². The summed E-state index contributed by atoms with van der Waals surface area (Å²) < 4.78 is 5.44. The molecule has 2 rings (SSSR count). The van der Waals surface area contributed by atoms with Gasteiger partial charge in [-0.25, -0.2) is 0 Å². The maximum Gasteiger partial charge on any atom is 1.00 e. The summed E-state index contributed by atoms with van der Waals surface area (Å²) in [6, 6.07) is 12.5. The van der Waals surface area contributed by atoms with Crippen LogP contribution in [0.2, 0.25) is 0 Å². The van der Waals surface area contributed by atoms with Crippen LogP contribution in [0.4, 0.5) is 0 Å². The Morgan fingerprint density at radius 2 is 1.25 bits per heavy atom. The first kappa shape index (κ1) is 12.9. The van der Waals surface area contributed by atoms with Gasteiger partial charge in [0.25, 0.3) is 0 Å². The van der Waals surface area contributed by atoms with E-state index in [-0.39, 0.29) is 41.1 Å². The summed E-state index contributed by atoms with van der Waals surface area (Å²) in [5, 5.41) is 19.9. The largest absolute Gasteiger partial charge is 1.00 e. The van der Waals surface area contributed by atoms with E-state index in [4.69, 9.17) is 9.84 Å². The summed E-state index contributed by atoms with van der Waals surface area (Å²) in [5.41, 5.74) is 0. The van der Waals surface area contributed by atoms with Crippen LogP contribution in [0.1, 0.15) is 0 Å². The summed E-state index contributed by atoms with van der Waals surface area (Å²) in [4.78, 5) is 0. The molecule has 0 saturated carbocycles. The molecule has 2 aromatic carbocycles. The number of rotatable bonds is 2. The Bertz CT molecular complexity index is 393. The van der Waals surface area contributed by atoms with Gasteiger partial charge in [-0.05, 0) is 36.4 Å². The molecule has 0 fully saturated rings. The van der Waals surface area contributed by atoms with Crippen LogP contribution in [0.15, 0.2) is 48.5 Å². The molecular formula is C12H9NaO3. The van der Waals surface area contributed by atoms with Crippen LogP contribution in [0.5, 0.6) is 23.0 Å². The number of phenols is 1. The Morgan fingerprint density at radius 3 is 1.75 bits per heavy atom. The third kappa shape index (κ3) is 3.45. The van der Waals surface area contributed by atoms with E-state index in [1.54, 1.807) is 24.3 Å². The van der Waals surface area contributed by atoms with Gasteiger partial charge in [0, 0.05) is 0 Å². The minimum absolute atomic E-state index is 0. The zero-order chi connectivity index (χ0) is 10.7. The molecule has 0 heterocycles. The predicted molar refractivity (Wildman–Crippen MR) is 54.1 cm³/mol. The van der Waals surface area contributed by atoms with E-state index in [1.165, 1.54) is 24.3 Å². The first-order chi connectivity index (χ1) is 7.24. The summed E-state index contributed by atoms with van der Waals surface area (Å²) >= 11 is 0. The van der Waals surface area contributed by atoms with Crippen molar-refractivity contribution in [2.45, 2.75) is 0 Å². The van der Waals surface area contributed by atoms with Gasteiger partial charge in [0.05, 0.1) is 0 Å². The second-order valence-corrected chi connectivity index (χ2v) is 3.07. The minimum atomic E-state index is -0.0481. The summed E-state index contributed by atoms with van der Waals surface area (Å²) in [6.45, 7) is 0. The third-order valence-electron chi connectivity index (χ3n) is 1.90. The molecule has 4 heteroatoms. The standard InChI is InChI=1S/C12H10O3.Na/c13-9-1-5-11(6-2-9)15-12-7-3-10(14)4-8-12;/h1-8,13-14H;/q;+1/p-1. The molecule has 0 spiro atoms. The van der Waals surface area contributed by atoms with Gasteiger partial charge in [-0.15, -0.1) is 5.75 Å². The van der Waals surface area contributed by atoms with Crippen molar-refractivity contribution in [1.29, 1.82) is 0 Å². The molecule has 76 valence electrons. The van der Waals surface area contributed by atoms with Gasteiger partial charge in [0.2, 0.25) is 0 Å². The molecule has 0 aliphatic carbocycles. The average Bonchev–Trinajstić information content (AvgIpc) is 2.25. The molecule has 0 atom stereocenters. The number of hydrogen-bond donors (Lipinski definition) is 1. The monoisotopic (exact) mass is 224 g/mol. The number of benzene rings is 2. The SMILES string of the molecule is [Na+].[O-]c1ccc(Oc2ccc(O)cc2)cc1. The molecule has 16 heavy (non-hydrogen) atoms. The molecule has 0 amide bonds. The molecule has 0 aliphatic heterocycles. The van der Waals surface area contributed by atoms with Crippen LogP contribution in [-0.4, -0.2) is 5.11 Å². The zero-order valence-corrected chi connectivity index (χ0v) is 10.9. The van der Waals surface area contributed by atoms with E-state index >= 15 is 0 Å². The molecule has 0 bridgehead atoms. The molecular weight excluding hydrogens is 215 g/mol. The van der Waals surface area contributed by atoms with Crippen molar-refractivity contribution < 1.29 is 44.5 Å². The van der Waals surface area contributed by atoms with Crippen molar-refractivity contribution in [2.75, 3.05) is 0 Å². The van der Waals surface area contributed by atoms with Gasteiger partial charge < -0.3 is 14.9 Å². The van der Waals surface area contributed by atoms with Gasteiger partial charge in [0.15, 0.2) is 0 Å². The number of ether oxygens (including phenoxy) is 1. The molecule has 1 N–H and O–H groups in total. The van der Waals surface area contributed by atoms with Crippen LogP contribution in [0.3, 0.4) is 0 Å².